The lowest BCUT2D eigenvalue weighted by Gasteiger charge is -2.10. The Morgan fingerprint density at radius 1 is 1.13 bits per heavy atom. The van der Waals surface area contributed by atoms with Crippen LogP contribution < -0.4 is 20.5 Å². The number of ether oxygens (including phenoxy) is 3. The highest BCUT2D eigenvalue weighted by atomic mass is 32.1. The molecule has 156 valence electrons. The minimum Gasteiger partial charge on any atom is -0.493 e. The van der Waals surface area contributed by atoms with Crippen LogP contribution in [0.1, 0.15) is 23.0 Å². The Hall–Kier alpha value is -3.59. The number of benzene rings is 2. The SMILES string of the molecule is CCOc1ccc(-c2nc(COC(=O)c3ccc(NC(N)=O)cc3)cs2)cc1OC. The summed E-state index contributed by atoms with van der Waals surface area (Å²) in [5.74, 6) is 0.816. The first kappa shape index (κ1) is 21.1. The van der Waals surface area contributed by atoms with Crippen LogP contribution in [0.15, 0.2) is 47.8 Å². The number of aromatic nitrogens is 1. The monoisotopic (exact) mass is 427 g/mol. The molecule has 0 aliphatic heterocycles. The van der Waals surface area contributed by atoms with Crippen LogP contribution in [0.25, 0.3) is 10.6 Å². The molecule has 2 amide bonds. The summed E-state index contributed by atoms with van der Waals surface area (Å²) in [5.41, 5.74) is 7.43. The predicted octanol–water partition coefficient (Wildman–Crippen LogP) is 4.07. The zero-order valence-electron chi connectivity index (χ0n) is 16.5. The number of carbonyl (C=O) groups is 2. The first-order valence-corrected chi connectivity index (χ1v) is 9.97. The van der Waals surface area contributed by atoms with E-state index in [1.165, 1.54) is 11.3 Å². The number of hydrogen-bond donors (Lipinski definition) is 2. The second kappa shape index (κ2) is 9.75. The standard InChI is InChI=1S/C21H21N3O5S/c1-3-28-17-9-6-14(10-18(17)27-2)19-23-16(12-30-19)11-29-20(25)13-4-7-15(8-5-13)24-21(22)26/h4-10,12H,3,11H2,1-2H3,(H3,22,24,26). The largest absolute Gasteiger partial charge is 0.493 e. The summed E-state index contributed by atoms with van der Waals surface area (Å²) in [5, 5.41) is 5.05. The molecule has 9 heteroatoms. The smallest absolute Gasteiger partial charge is 0.338 e. The van der Waals surface area contributed by atoms with Crippen molar-refractivity contribution >= 4 is 29.0 Å². The molecule has 0 aliphatic carbocycles. The third-order valence-corrected chi connectivity index (χ3v) is 4.94. The fourth-order valence-electron chi connectivity index (χ4n) is 2.64. The second-order valence-electron chi connectivity index (χ2n) is 6.09. The van der Waals surface area contributed by atoms with E-state index in [9.17, 15) is 9.59 Å². The minimum atomic E-state index is -0.671. The number of thiazole rings is 1. The molecule has 0 spiro atoms. The van der Waals surface area contributed by atoms with Crippen molar-refractivity contribution in [1.29, 1.82) is 0 Å². The Bertz CT molecular complexity index is 1030. The highest BCUT2D eigenvalue weighted by Crippen LogP contribution is 2.33. The summed E-state index contributed by atoms with van der Waals surface area (Å²) in [4.78, 5) is 27.6. The van der Waals surface area contributed by atoms with Crippen molar-refractivity contribution in [3.63, 3.8) is 0 Å². The Morgan fingerprint density at radius 3 is 2.57 bits per heavy atom. The Kier molecular flexibility index (Phi) is 6.87. The number of rotatable bonds is 8. The number of nitrogens with one attached hydrogen (secondary N) is 1. The fraction of sp³-hybridized carbons (Fsp3) is 0.190. The Balaban J connectivity index is 1.63. The zero-order valence-corrected chi connectivity index (χ0v) is 17.3. The molecule has 3 aromatic rings. The number of urea groups is 1. The van der Waals surface area contributed by atoms with Crippen LogP contribution >= 0.6 is 11.3 Å². The van der Waals surface area contributed by atoms with E-state index in [1.54, 1.807) is 31.4 Å². The van der Waals surface area contributed by atoms with Gasteiger partial charge in [-0.2, -0.15) is 0 Å². The van der Waals surface area contributed by atoms with Crippen LogP contribution in [0.2, 0.25) is 0 Å². The van der Waals surface area contributed by atoms with Crippen LogP contribution in [0, 0.1) is 0 Å². The summed E-state index contributed by atoms with van der Waals surface area (Å²) >= 11 is 1.45. The van der Waals surface area contributed by atoms with Crippen LogP contribution in [0.3, 0.4) is 0 Å². The zero-order chi connectivity index (χ0) is 21.5. The van der Waals surface area contributed by atoms with E-state index in [-0.39, 0.29) is 6.61 Å². The van der Waals surface area contributed by atoms with Gasteiger partial charge in [-0.05, 0) is 49.4 Å². The van der Waals surface area contributed by atoms with E-state index in [4.69, 9.17) is 19.9 Å². The van der Waals surface area contributed by atoms with Crippen LogP contribution in [-0.4, -0.2) is 30.7 Å². The molecule has 0 atom stereocenters. The second-order valence-corrected chi connectivity index (χ2v) is 6.94. The van der Waals surface area contributed by atoms with Crippen molar-refractivity contribution in [1.82, 2.24) is 4.98 Å². The minimum absolute atomic E-state index is 0.0464. The maximum absolute atomic E-state index is 12.2. The van der Waals surface area contributed by atoms with E-state index in [0.717, 1.165) is 10.6 Å². The van der Waals surface area contributed by atoms with Gasteiger partial charge in [0.05, 0.1) is 25.0 Å². The molecule has 0 unspecified atom stereocenters. The van der Waals surface area contributed by atoms with E-state index >= 15 is 0 Å². The van der Waals surface area contributed by atoms with Crippen molar-refractivity contribution < 1.29 is 23.8 Å². The summed E-state index contributed by atoms with van der Waals surface area (Å²) in [6.07, 6.45) is 0. The van der Waals surface area contributed by atoms with Crippen LogP contribution in [-0.2, 0) is 11.3 Å². The number of hydrogen-bond acceptors (Lipinski definition) is 7. The highest BCUT2D eigenvalue weighted by molar-refractivity contribution is 7.13. The normalized spacial score (nSPS) is 10.3. The van der Waals surface area contributed by atoms with E-state index in [1.807, 2.05) is 30.5 Å². The number of carbonyl (C=O) groups excluding carboxylic acids is 2. The van der Waals surface area contributed by atoms with E-state index in [2.05, 4.69) is 10.3 Å². The summed E-state index contributed by atoms with van der Waals surface area (Å²) < 4.78 is 16.2. The molecule has 0 saturated carbocycles. The third-order valence-electron chi connectivity index (χ3n) is 4.00. The first-order chi connectivity index (χ1) is 14.5. The van der Waals surface area contributed by atoms with Gasteiger partial charge in [0.2, 0.25) is 0 Å². The molecule has 0 radical (unpaired) electrons. The van der Waals surface area contributed by atoms with E-state index in [0.29, 0.717) is 35.1 Å². The number of primary amides is 1. The lowest BCUT2D eigenvalue weighted by atomic mass is 10.2. The summed E-state index contributed by atoms with van der Waals surface area (Å²) in [6.45, 7) is 2.51. The lowest BCUT2D eigenvalue weighted by Crippen LogP contribution is -2.19. The van der Waals surface area contributed by atoms with Crippen molar-refractivity contribution in [3.8, 4) is 22.1 Å². The quantitative estimate of drug-likeness (QED) is 0.524. The van der Waals surface area contributed by atoms with Gasteiger partial charge in [0.15, 0.2) is 11.5 Å². The fourth-order valence-corrected chi connectivity index (χ4v) is 3.44. The number of amides is 2. The topological polar surface area (TPSA) is 113 Å². The molecular weight excluding hydrogens is 406 g/mol. The van der Waals surface area contributed by atoms with Crippen molar-refractivity contribution in [2.45, 2.75) is 13.5 Å². The summed E-state index contributed by atoms with van der Waals surface area (Å²) in [7, 11) is 1.59. The molecular formula is C21H21N3O5S. The van der Waals surface area contributed by atoms with Gasteiger partial charge in [-0.15, -0.1) is 11.3 Å². The van der Waals surface area contributed by atoms with Gasteiger partial charge >= 0.3 is 12.0 Å². The molecule has 0 aliphatic rings. The molecule has 0 fully saturated rings. The van der Waals surface area contributed by atoms with Gasteiger partial charge in [0.1, 0.15) is 11.6 Å². The highest BCUT2D eigenvalue weighted by Gasteiger charge is 2.12. The van der Waals surface area contributed by atoms with Crippen LogP contribution in [0.5, 0.6) is 11.5 Å². The number of methoxy groups -OCH3 is 1. The maximum Gasteiger partial charge on any atom is 0.338 e. The van der Waals surface area contributed by atoms with Gasteiger partial charge < -0.3 is 25.3 Å². The lowest BCUT2D eigenvalue weighted by molar-refractivity contribution is 0.0468. The number of anilines is 1. The van der Waals surface area contributed by atoms with Crippen molar-refractivity contribution in [3.05, 3.63) is 59.1 Å². The molecule has 3 rings (SSSR count). The molecule has 0 saturated heterocycles. The Labute approximate surface area is 177 Å². The van der Waals surface area contributed by atoms with E-state index < -0.39 is 12.0 Å². The number of nitrogens with two attached hydrogens (primary N) is 1. The molecule has 2 aromatic carbocycles. The average Bonchev–Trinajstić information content (AvgIpc) is 3.21. The first-order valence-electron chi connectivity index (χ1n) is 9.09. The van der Waals surface area contributed by atoms with Gasteiger partial charge in [0, 0.05) is 16.6 Å². The molecule has 1 aromatic heterocycles. The molecule has 1 heterocycles. The van der Waals surface area contributed by atoms with Gasteiger partial charge in [-0.25, -0.2) is 14.6 Å². The van der Waals surface area contributed by atoms with Gasteiger partial charge in [0.25, 0.3) is 0 Å². The van der Waals surface area contributed by atoms with Gasteiger partial charge in [-0.3, -0.25) is 0 Å². The Morgan fingerprint density at radius 2 is 1.90 bits per heavy atom. The number of nitrogens with zero attached hydrogens (tertiary/aromatic N) is 1. The average molecular weight is 427 g/mol. The van der Waals surface area contributed by atoms with Crippen molar-refractivity contribution in [2.75, 3.05) is 19.0 Å². The number of esters is 1. The molecule has 30 heavy (non-hydrogen) atoms. The van der Waals surface area contributed by atoms with Crippen molar-refractivity contribution in [2.24, 2.45) is 5.73 Å². The molecule has 8 nitrogen and oxygen atoms in total. The predicted molar refractivity (Wildman–Crippen MR) is 114 cm³/mol. The third kappa shape index (κ3) is 5.26. The molecule has 0 bridgehead atoms. The maximum atomic E-state index is 12.2. The molecule has 3 N–H and O–H groups in total. The van der Waals surface area contributed by atoms with Gasteiger partial charge in [-0.1, -0.05) is 0 Å². The summed E-state index contributed by atoms with van der Waals surface area (Å²) in [6, 6.07) is 11.2. The van der Waals surface area contributed by atoms with Crippen LogP contribution in [0.4, 0.5) is 10.5 Å².